The van der Waals surface area contributed by atoms with Crippen LogP contribution in [-0.2, 0) is 21.3 Å². The number of aryl methyl sites for hydroxylation is 1. The molecule has 0 radical (unpaired) electrons. The van der Waals surface area contributed by atoms with Crippen molar-refractivity contribution in [2.45, 2.75) is 51.1 Å². The monoisotopic (exact) mass is 577 g/mol. The summed E-state index contributed by atoms with van der Waals surface area (Å²) < 4.78 is 82.9. The Morgan fingerprint density at radius 1 is 1.10 bits per heavy atom. The molecule has 40 heavy (non-hydrogen) atoms. The van der Waals surface area contributed by atoms with E-state index in [-0.39, 0.29) is 33.6 Å². The Morgan fingerprint density at radius 2 is 1.80 bits per heavy atom. The summed E-state index contributed by atoms with van der Waals surface area (Å²) in [6, 6.07) is 9.81. The lowest BCUT2D eigenvalue weighted by Crippen LogP contribution is -2.33. The first-order valence-electron chi connectivity index (χ1n) is 11.9. The summed E-state index contributed by atoms with van der Waals surface area (Å²) >= 11 is 0. The number of nitrogens with one attached hydrogen (secondary N) is 1. The van der Waals surface area contributed by atoms with E-state index in [1.165, 1.54) is 42.7 Å². The standard InChI is InChI=1S/C27H26F3N3O6S/c1-17-5-9-22(10-6-17)40(35,36)33-21(14-31-25(34)39-26(2,3)4)11-19-13-24(38-27(28,29)30)18(12-23(19)33)7-8-20-15-37-16-32-20/h5-13,15-16H,14H2,1-4H3,(H,31,34)/b8-7+. The van der Waals surface area contributed by atoms with Crippen LogP contribution >= 0.6 is 0 Å². The van der Waals surface area contributed by atoms with Crippen LogP contribution in [0.25, 0.3) is 23.1 Å². The Labute approximate surface area is 228 Å². The molecule has 1 N–H and O–H groups in total. The van der Waals surface area contributed by atoms with Crippen LogP contribution in [0, 0.1) is 6.92 Å². The molecule has 212 valence electrons. The third-order valence-electron chi connectivity index (χ3n) is 5.44. The Balaban J connectivity index is 1.90. The van der Waals surface area contributed by atoms with Crippen molar-refractivity contribution >= 4 is 39.2 Å². The Kier molecular flexibility index (Phi) is 7.70. The molecule has 0 saturated carbocycles. The van der Waals surface area contributed by atoms with Gasteiger partial charge in [-0.1, -0.05) is 17.7 Å². The molecule has 4 aromatic rings. The highest BCUT2D eigenvalue weighted by Crippen LogP contribution is 2.35. The molecule has 2 heterocycles. The van der Waals surface area contributed by atoms with Crippen LogP contribution in [0.2, 0.25) is 0 Å². The predicted molar refractivity (Wildman–Crippen MR) is 141 cm³/mol. The first kappa shape index (κ1) is 28.7. The van der Waals surface area contributed by atoms with Crippen molar-refractivity contribution in [3.8, 4) is 5.75 Å². The second-order valence-electron chi connectivity index (χ2n) is 9.82. The highest BCUT2D eigenvalue weighted by Gasteiger charge is 2.33. The van der Waals surface area contributed by atoms with Crippen molar-refractivity contribution in [2.75, 3.05) is 0 Å². The zero-order valence-electron chi connectivity index (χ0n) is 21.9. The first-order chi connectivity index (χ1) is 18.6. The second kappa shape index (κ2) is 10.7. The molecule has 0 fully saturated rings. The van der Waals surface area contributed by atoms with E-state index in [2.05, 4.69) is 15.0 Å². The molecule has 2 aromatic heterocycles. The lowest BCUT2D eigenvalue weighted by atomic mass is 10.1. The molecule has 0 saturated heterocycles. The molecular weight excluding hydrogens is 551 g/mol. The van der Waals surface area contributed by atoms with E-state index in [4.69, 9.17) is 9.15 Å². The molecule has 1 amide bonds. The van der Waals surface area contributed by atoms with Gasteiger partial charge in [-0.3, -0.25) is 0 Å². The molecule has 13 heteroatoms. The molecule has 0 atom stereocenters. The van der Waals surface area contributed by atoms with Gasteiger partial charge >= 0.3 is 12.5 Å². The Hall–Kier alpha value is -4.26. The molecule has 0 bridgehead atoms. The average Bonchev–Trinajstić information content (AvgIpc) is 3.47. The quantitative estimate of drug-likeness (QED) is 0.276. The van der Waals surface area contributed by atoms with Gasteiger partial charge < -0.3 is 19.2 Å². The highest BCUT2D eigenvalue weighted by atomic mass is 32.2. The van der Waals surface area contributed by atoms with Gasteiger partial charge in [0.15, 0.2) is 6.39 Å². The molecule has 9 nitrogen and oxygen atoms in total. The SMILES string of the molecule is Cc1ccc(S(=O)(=O)n2c(CNC(=O)OC(C)(C)C)cc3cc(OC(F)(F)F)c(/C=C/c4cocn4)cc32)cc1. The summed E-state index contributed by atoms with van der Waals surface area (Å²) in [6.45, 7) is 6.51. The normalized spacial score (nSPS) is 12.7. The van der Waals surface area contributed by atoms with Gasteiger partial charge in [0.1, 0.15) is 23.3 Å². The number of halogens is 3. The smallest absolute Gasteiger partial charge is 0.451 e. The zero-order chi connectivity index (χ0) is 29.3. The van der Waals surface area contributed by atoms with Crippen LogP contribution in [0.1, 0.15) is 43.3 Å². The Morgan fingerprint density at radius 3 is 2.40 bits per heavy atom. The maximum Gasteiger partial charge on any atom is 0.573 e. The number of ether oxygens (including phenoxy) is 2. The van der Waals surface area contributed by atoms with Gasteiger partial charge in [0.25, 0.3) is 10.0 Å². The number of amides is 1. The summed E-state index contributed by atoms with van der Waals surface area (Å²) in [5.41, 5.74) is 0.422. The number of carbonyl (C=O) groups is 1. The fraction of sp³-hybridized carbons (Fsp3) is 0.259. The largest absolute Gasteiger partial charge is 0.573 e. The first-order valence-corrected chi connectivity index (χ1v) is 13.4. The number of hydrogen-bond donors (Lipinski definition) is 1. The van der Waals surface area contributed by atoms with Crippen molar-refractivity contribution in [1.82, 2.24) is 14.3 Å². The van der Waals surface area contributed by atoms with Gasteiger partial charge in [0, 0.05) is 10.9 Å². The minimum Gasteiger partial charge on any atom is -0.451 e. The number of aromatic nitrogens is 2. The highest BCUT2D eigenvalue weighted by molar-refractivity contribution is 7.90. The summed E-state index contributed by atoms with van der Waals surface area (Å²) in [6.07, 6.45) is -0.687. The predicted octanol–water partition coefficient (Wildman–Crippen LogP) is 6.27. The average molecular weight is 578 g/mol. The minimum absolute atomic E-state index is 0.0515. The van der Waals surface area contributed by atoms with Crippen LogP contribution in [0.4, 0.5) is 18.0 Å². The number of benzene rings is 2. The number of fused-ring (bicyclic) bond motifs is 1. The number of alkyl halides is 3. The molecular formula is C27H26F3N3O6S. The molecule has 0 unspecified atom stereocenters. The van der Waals surface area contributed by atoms with E-state index in [1.54, 1.807) is 39.8 Å². The van der Waals surface area contributed by atoms with E-state index in [0.29, 0.717) is 5.69 Å². The molecule has 0 aliphatic carbocycles. The summed E-state index contributed by atoms with van der Waals surface area (Å²) in [4.78, 5) is 16.2. The van der Waals surface area contributed by atoms with Crippen molar-refractivity contribution in [2.24, 2.45) is 0 Å². The fourth-order valence-corrected chi connectivity index (χ4v) is 5.34. The van der Waals surface area contributed by atoms with Crippen molar-refractivity contribution in [3.05, 3.63) is 77.6 Å². The maximum atomic E-state index is 13.9. The number of oxazole rings is 1. The van der Waals surface area contributed by atoms with Gasteiger partial charge in [-0.2, -0.15) is 0 Å². The number of nitrogens with zero attached hydrogens (tertiary/aromatic N) is 2. The molecule has 0 aliphatic rings. The van der Waals surface area contributed by atoms with E-state index >= 15 is 0 Å². The molecule has 0 spiro atoms. The number of rotatable bonds is 7. The lowest BCUT2D eigenvalue weighted by molar-refractivity contribution is -0.274. The van der Waals surface area contributed by atoms with Gasteiger partial charge in [-0.15, -0.1) is 13.2 Å². The van der Waals surface area contributed by atoms with Crippen molar-refractivity contribution < 1.29 is 40.3 Å². The lowest BCUT2D eigenvalue weighted by Gasteiger charge is -2.20. The van der Waals surface area contributed by atoms with Crippen LogP contribution in [-0.4, -0.2) is 35.4 Å². The molecule has 4 rings (SSSR count). The van der Waals surface area contributed by atoms with Crippen LogP contribution in [0.5, 0.6) is 5.75 Å². The number of hydrogen-bond acceptors (Lipinski definition) is 7. The van der Waals surface area contributed by atoms with Crippen molar-refractivity contribution in [1.29, 1.82) is 0 Å². The second-order valence-corrected chi connectivity index (χ2v) is 11.6. The third-order valence-corrected chi connectivity index (χ3v) is 7.22. The van der Waals surface area contributed by atoms with Gasteiger partial charge in [0.05, 0.1) is 22.7 Å². The Bertz CT molecular complexity index is 1650. The maximum absolute atomic E-state index is 13.9. The van der Waals surface area contributed by atoms with Crippen LogP contribution < -0.4 is 10.1 Å². The fourth-order valence-electron chi connectivity index (χ4n) is 3.81. The van der Waals surface area contributed by atoms with E-state index in [1.807, 2.05) is 0 Å². The zero-order valence-corrected chi connectivity index (χ0v) is 22.8. The van der Waals surface area contributed by atoms with E-state index < -0.39 is 33.8 Å². The molecule has 2 aromatic carbocycles. The number of carbonyl (C=O) groups excluding carboxylic acids is 1. The third kappa shape index (κ3) is 6.84. The van der Waals surface area contributed by atoms with Gasteiger partial charge in [-0.25, -0.2) is 22.2 Å². The molecule has 0 aliphatic heterocycles. The van der Waals surface area contributed by atoms with E-state index in [9.17, 15) is 26.4 Å². The summed E-state index contributed by atoms with van der Waals surface area (Å²) in [5.74, 6) is -0.559. The topological polar surface area (TPSA) is 113 Å². The van der Waals surface area contributed by atoms with Gasteiger partial charge in [0.2, 0.25) is 0 Å². The van der Waals surface area contributed by atoms with Crippen LogP contribution in [0.15, 0.2) is 64.4 Å². The van der Waals surface area contributed by atoms with Crippen LogP contribution in [0.3, 0.4) is 0 Å². The van der Waals surface area contributed by atoms with E-state index in [0.717, 1.165) is 22.0 Å². The van der Waals surface area contributed by atoms with Gasteiger partial charge in [-0.05, 0) is 70.2 Å². The number of alkyl carbamates (subject to hydrolysis) is 1. The minimum atomic E-state index is -5.01. The summed E-state index contributed by atoms with van der Waals surface area (Å²) in [7, 11) is -4.27. The summed E-state index contributed by atoms with van der Waals surface area (Å²) in [5, 5.41) is 2.64. The van der Waals surface area contributed by atoms with Crippen molar-refractivity contribution in [3.63, 3.8) is 0 Å².